The maximum Gasteiger partial charge on any atom is 0.246 e. The van der Waals surface area contributed by atoms with Crippen LogP contribution in [0.15, 0.2) is 24.5 Å². The van der Waals surface area contributed by atoms with Gasteiger partial charge in [-0.3, -0.25) is 4.79 Å². The van der Waals surface area contributed by atoms with Crippen LogP contribution in [0.1, 0.15) is 35.8 Å². The minimum absolute atomic E-state index is 0.0649. The Hall–Kier alpha value is -1.92. The lowest BCUT2D eigenvalue weighted by Gasteiger charge is -2.30. The van der Waals surface area contributed by atoms with Gasteiger partial charge in [0, 0.05) is 35.3 Å². The second-order valence-corrected chi connectivity index (χ2v) is 6.71. The van der Waals surface area contributed by atoms with Crippen LogP contribution in [0.25, 0.3) is 0 Å². The summed E-state index contributed by atoms with van der Waals surface area (Å²) in [5, 5.41) is 3.59. The predicted octanol–water partition coefficient (Wildman–Crippen LogP) is 2.58. The van der Waals surface area contributed by atoms with Crippen molar-refractivity contribution in [2.24, 2.45) is 0 Å². The van der Waals surface area contributed by atoms with Crippen LogP contribution in [-0.4, -0.2) is 33.4 Å². The molecule has 0 bridgehead atoms. The van der Waals surface area contributed by atoms with Gasteiger partial charge in [0.1, 0.15) is 11.9 Å². The third-order valence-electron chi connectivity index (χ3n) is 4.66. The topological polar surface area (TPSA) is 61.0 Å². The molecule has 1 saturated carbocycles. The van der Waals surface area contributed by atoms with Gasteiger partial charge in [0.05, 0.1) is 18.6 Å². The molecule has 2 heterocycles. The molecular weight excluding hydrogens is 331 g/mol. The molecule has 1 fully saturated rings. The third-order valence-corrected chi connectivity index (χ3v) is 5.01. The molecule has 2 aromatic rings. The highest BCUT2D eigenvalue weighted by molar-refractivity contribution is 6.31. The average molecular weight is 349 g/mol. The van der Waals surface area contributed by atoms with Crippen LogP contribution < -0.4 is 5.32 Å². The minimum Gasteiger partial charge on any atom is -0.348 e. The molecule has 0 saturated heterocycles. The van der Waals surface area contributed by atoms with E-state index in [9.17, 15) is 9.18 Å². The number of halogens is 2. The first kappa shape index (κ1) is 15.6. The lowest BCUT2D eigenvalue weighted by Crippen LogP contribution is -2.44. The van der Waals surface area contributed by atoms with Crippen LogP contribution in [0.2, 0.25) is 5.02 Å². The molecule has 4 rings (SSSR count). The van der Waals surface area contributed by atoms with Crippen LogP contribution in [-0.2, 0) is 17.8 Å². The van der Waals surface area contributed by atoms with Crippen LogP contribution in [0.3, 0.4) is 0 Å². The van der Waals surface area contributed by atoms with E-state index in [1.165, 1.54) is 6.07 Å². The number of amides is 1. The van der Waals surface area contributed by atoms with E-state index in [4.69, 9.17) is 11.6 Å². The van der Waals surface area contributed by atoms with Crippen LogP contribution in [0.4, 0.5) is 4.39 Å². The normalized spacial score (nSPS) is 19.8. The van der Waals surface area contributed by atoms with Gasteiger partial charge in [-0.2, -0.15) is 0 Å². The van der Waals surface area contributed by atoms with E-state index in [0.717, 1.165) is 30.7 Å². The van der Waals surface area contributed by atoms with Gasteiger partial charge in [0.25, 0.3) is 0 Å². The molecule has 24 heavy (non-hydrogen) atoms. The molecule has 1 aliphatic heterocycles. The molecule has 126 valence electrons. The Morgan fingerprint density at radius 2 is 2.25 bits per heavy atom. The van der Waals surface area contributed by atoms with Crippen LogP contribution in [0.5, 0.6) is 0 Å². The number of carbonyl (C=O) groups is 1. The number of benzene rings is 1. The molecule has 1 aromatic heterocycles. The number of aromatic nitrogens is 2. The van der Waals surface area contributed by atoms with Crippen molar-refractivity contribution in [1.29, 1.82) is 0 Å². The van der Waals surface area contributed by atoms with Gasteiger partial charge in [-0.05, 0) is 25.0 Å². The first-order chi connectivity index (χ1) is 11.6. The van der Waals surface area contributed by atoms with Crippen molar-refractivity contribution in [1.82, 2.24) is 20.2 Å². The van der Waals surface area contributed by atoms with Gasteiger partial charge in [-0.1, -0.05) is 17.7 Å². The van der Waals surface area contributed by atoms with Gasteiger partial charge >= 0.3 is 0 Å². The summed E-state index contributed by atoms with van der Waals surface area (Å²) in [6.45, 7) is 0.900. The van der Waals surface area contributed by atoms with E-state index in [1.54, 1.807) is 23.4 Å². The number of aromatic amines is 1. The zero-order chi connectivity index (χ0) is 16.7. The predicted molar refractivity (Wildman–Crippen MR) is 88.0 cm³/mol. The Morgan fingerprint density at radius 1 is 1.42 bits per heavy atom. The average Bonchev–Trinajstić information content (AvgIpc) is 3.29. The Balaban J connectivity index is 1.62. The summed E-state index contributed by atoms with van der Waals surface area (Å²) in [6, 6.07) is 4.27. The zero-order valence-electron chi connectivity index (χ0n) is 13.1. The van der Waals surface area contributed by atoms with Crippen molar-refractivity contribution in [2.45, 2.75) is 37.9 Å². The van der Waals surface area contributed by atoms with E-state index < -0.39 is 6.04 Å². The number of imidazole rings is 1. The van der Waals surface area contributed by atoms with Gasteiger partial charge in [0.15, 0.2) is 0 Å². The maximum absolute atomic E-state index is 14.1. The van der Waals surface area contributed by atoms with Crippen molar-refractivity contribution < 1.29 is 9.18 Å². The summed E-state index contributed by atoms with van der Waals surface area (Å²) in [4.78, 5) is 22.2. The largest absolute Gasteiger partial charge is 0.348 e. The first-order valence-electron chi connectivity index (χ1n) is 8.14. The lowest BCUT2D eigenvalue weighted by atomic mass is 10.0. The first-order valence-corrected chi connectivity index (χ1v) is 8.52. The van der Waals surface area contributed by atoms with Gasteiger partial charge in [-0.25, -0.2) is 9.37 Å². The van der Waals surface area contributed by atoms with E-state index in [-0.39, 0.29) is 24.3 Å². The SMILES string of the molecule is O=C([C@H]1NCCc2[nH]cnc21)N(Cc1c(F)cccc1Cl)C1CC1. The lowest BCUT2D eigenvalue weighted by molar-refractivity contribution is -0.135. The van der Waals surface area contributed by atoms with Gasteiger partial charge < -0.3 is 15.2 Å². The summed E-state index contributed by atoms with van der Waals surface area (Å²) in [5.41, 5.74) is 2.11. The number of carbonyl (C=O) groups excluding carboxylic acids is 1. The zero-order valence-corrected chi connectivity index (χ0v) is 13.8. The molecule has 1 amide bonds. The fourth-order valence-electron chi connectivity index (χ4n) is 3.22. The number of H-pyrrole nitrogens is 1. The van der Waals surface area contributed by atoms with Crippen LogP contribution in [0, 0.1) is 5.82 Å². The summed E-state index contributed by atoms with van der Waals surface area (Å²) < 4.78 is 14.1. The number of hydrogen-bond donors (Lipinski definition) is 2. The Bertz CT molecular complexity index is 753. The fraction of sp³-hybridized carbons (Fsp3) is 0.412. The van der Waals surface area contributed by atoms with Gasteiger partial charge in [0.2, 0.25) is 5.91 Å². The van der Waals surface area contributed by atoms with E-state index in [1.807, 2.05) is 0 Å². The molecule has 7 heteroatoms. The third kappa shape index (κ3) is 2.80. The summed E-state index contributed by atoms with van der Waals surface area (Å²) in [7, 11) is 0. The molecule has 1 aliphatic carbocycles. The van der Waals surface area contributed by atoms with Crippen molar-refractivity contribution in [3.05, 3.63) is 52.3 Å². The summed E-state index contributed by atoms with van der Waals surface area (Å²) >= 11 is 6.14. The van der Waals surface area contributed by atoms with E-state index >= 15 is 0 Å². The smallest absolute Gasteiger partial charge is 0.246 e. The highest BCUT2D eigenvalue weighted by Gasteiger charge is 2.39. The number of nitrogens with one attached hydrogen (secondary N) is 2. The van der Waals surface area contributed by atoms with E-state index in [2.05, 4.69) is 15.3 Å². The van der Waals surface area contributed by atoms with Crippen molar-refractivity contribution in [3.8, 4) is 0 Å². The molecule has 0 unspecified atom stereocenters. The molecule has 5 nitrogen and oxygen atoms in total. The summed E-state index contributed by atoms with van der Waals surface area (Å²) in [5.74, 6) is -0.442. The van der Waals surface area contributed by atoms with Crippen LogP contribution >= 0.6 is 11.6 Å². The highest BCUT2D eigenvalue weighted by atomic mass is 35.5. The van der Waals surface area contributed by atoms with E-state index in [0.29, 0.717) is 17.1 Å². The standard InChI is InChI=1S/C17H18ClFN4O/c18-12-2-1-3-13(19)11(12)8-23(10-4-5-10)17(24)16-15-14(6-7-20-16)21-9-22-15/h1-3,9-10,16,20H,4-8H2,(H,21,22)/t16-/m0/s1. The molecule has 1 aromatic carbocycles. The number of rotatable bonds is 4. The molecule has 0 radical (unpaired) electrons. The highest BCUT2D eigenvalue weighted by Crippen LogP contribution is 2.33. The molecule has 2 N–H and O–H groups in total. The second-order valence-electron chi connectivity index (χ2n) is 6.30. The molecule has 1 atom stereocenters. The fourth-order valence-corrected chi connectivity index (χ4v) is 3.44. The van der Waals surface area contributed by atoms with Crippen molar-refractivity contribution >= 4 is 17.5 Å². The van der Waals surface area contributed by atoms with Crippen molar-refractivity contribution in [3.63, 3.8) is 0 Å². The maximum atomic E-state index is 14.1. The Kier molecular flexibility index (Phi) is 4.02. The second kappa shape index (κ2) is 6.18. The number of hydrogen-bond acceptors (Lipinski definition) is 3. The monoisotopic (exact) mass is 348 g/mol. The Labute approximate surface area is 144 Å². The number of fused-ring (bicyclic) bond motifs is 1. The van der Waals surface area contributed by atoms with Crippen molar-refractivity contribution in [2.75, 3.05) is 6.54 Å². The minimum atomic E-state index is -0.480. The summed E-state index contributed by atoms with van der Waals surface area (Å²) in [6.07, 6.45) is 4.32. The molecular formula is C17H18ClFN4O. The number of nitrogens with zero attached hydrogens (tertiary/aromatic N) is 2. The molecule has 2 aliphatic rings. The Morgan fingerprint density at radius 3 is 3.00 bits per heavy atom. The van der Waals surface area contributed by atoms with Gasteiger partial charge in [-0.15, -0.1) is 0 Å². The molecule has 0 spiro atoms. The quantitative estimate of drug-likeness (QED) is 0.892.